The highest BCUT2D eigenvalue weighted by atomic mass is 16.5. The summed E-state index contributed by atoms with van der Waals surface area (Å²) in [5, 5.41) is 5.49. The molecule has 0 radical (unpaired) electrons. The molecule has 0 aliphatic carbocycles. The zero-order valence-corrected chi connectivity index (χ0v) is 13.3. The van der Waals surface area contributed by atoms with Crippen LogP contribution in [0, 0.1) is 0 Å². The molecule has 1 aliphatic heterocycles. The predicted octanol–water partition coefficient (Wildman–Crippen LogP) is 2.45. The van der Waals surface area contributed by atoms with Gasteiger partial charge in [-0.1, -0.05) is 6.07 Å². The van der Waals surface area contributed by atoms with E-state index >= 15 is 0 Å². The highest BCUT2D eigenvalue weighted by Gasteiger charge is 2.27. The molecule has 0 fully saturated rings. The molecule has 7 nitrogen and oxygen atoms in total. The molecule has 3 rings (SSSR count). The Kier molecular flexibility index (Phi) is 4.33. The maximum Gasteiger partial charge on any atom is 0.265 e. The third-order valence-electron chi connectivity index (χ3n) is 3.48. The van der Waals surface area contributed by atoms with E-state index in [9.17, 15) is 9.59 Å². The van der Waals surface area contributed by atoms with E-state index in [1.54, 1.807) is 43.5 Å². The Hall–Kier alpha value is -3.09. The highest BCUT2D eigenvalue weighted by molar-refractivity contribution is 6.09. The van der Waals surface area contributed by atoms with Crippen LogP contribution in [0.1, 0.15) is 24.2 Å². The maximum atomic E-state index is 12.6. The second-order valence-corrected chi connectivity index (χ2v) is 5.17. The third-order valence-corrected chi connectivity index (χ3v) is 3.48. The molecule has 0 saturated carbocycles. The highest BCUT2D eigenvalue weighted by Crippen LogP contribution is 2.34. The Bertz CT molecular complexity index is 791. The first-order valence-electron chi connectivity index (χ1n) is 7.60. The predicted molar refractivity (Wildman–Crippen MR) is 88.5 cm³/mol. The van der Waals surface area contributed by atoms with E-state index in [2.05, 4.69) is 15.6 Å². The lowest BCUT2D eigenvalue weighted by atomic mass is 10.1. The normalized spacial score (nSPS) is 15.8. The van der Waals surface area contributed by atoms with Gasteiger partial charge in [-0.3, -0.25) is 9.59 Å². The van der Waals surface area contributed by atoms with Gasteiger partial charge in [0, 0.05) is 6.20 Å². The summed E-state index contributed by atoms with van der Waals surface area (Å²) in [7, 11) is 0. The van der Waals surface area contributed by atoms with Crippen LogP contribution in [-0.2, 0) is 4.79 Å². The molecule has 1 atom stereocenters. The topological polar surface area (TPSA) is 89.6 Å². The quantitative estimate of drug-likeness (QED) is 0.900. The molecule has 2 N–H and O–H groups in total. The van der Waals surface area contributed by atoms with Crippen LogP contribution in [-0.4, -0.2) is 29.5 Å². The molecule has 0 spiro atoms. The van der Waals surface area contributed by atoms with Gasteiger partial charge in [0.25, 0.3) is 11.8 Å². The first kappa shape index (κ1) is 15.8. The first-order valence-corrected chi connectivity index (χ1v) is 7.60. The molecule has 1 aromatic heterocycles. The fraction of sp³-hybridized carbons (Fsp3) is 0.235. The van der Waals surface area contributed by atoms with Gasteiger partial charge in [-0.15, -0.1) is 0 Å². The number of nitrogens with zero attached hydrogens (tertiary/aromatic N) is 1. The van der Waals surface area contributed by atoms with E-state index in [-0.39, 0.29) is 11.8 Å². The molecule has 2 amide bonds. The maximum absolute atomic E-state index is 12.6. The van der Waals surface area contributed by atoms with Crippen molar-refractivity contribution in [1.82, 2.24) is 4.98 Å². The first-order chi connectivity index (χ1) is 11.6. The van der Waals surface area contributed by atoms with E-state index in [0.717, 1.165) is 0 Å². The number of fused-ring (bicyclic) bond motifs is 1. The standard InChI is InChI=1S/C17H17N3O4/c1-3-23-17-13(8-5-9-18-17)20-16(22)11-6-4-7-12-14(11)24-10(2)15(21)19-12/h4-10H,3H2,1-2H3,(H,19,21)(H,20,22)/t10-/m0/s1. The fourth-order valence-electron chi connectivity index (χ4n) is 2.33. The number of amides is 2. The Morgan fingerprint density at radius 2 is 2.21 bits per heavy atom. The van der Waals surface area contributed by atoms with E-state index in [1.807, 2.05) is 6.92 Å². The Labute approximate surface area is 139 Å². The number of rotatable bonds is 4. The van der Waals surface area contributed by atoms with E-state index in [4.69, 9.17) is 9.47 Å². The molecule has 7 heteroatoms. The number of anilines is 2. The minimum Gasteiger partial charge on any atom is -0.478 e. The van der Waals surface area contributed by atoms with E-state index in [1.165, 1.54) is 0 Å². The molecule has 0 saturated heterocycles. The number of hydrogen-bond acceptors (Lipinski definition) is 5. The number of benzene rings is 1. The van der Waals surface area contributed by atoms with Crippen LogP contribution in [0.4, 0.5) is 11.4 Å². The smallest absolute Gasteiger partial charge is 0.265 e. The lowest BCUT2D eigenvalue weighted by molar-refractivity contribution is -0.122. The largest absolute Gasteiger partial charge is 0.478 e. The van der Waals surface area contributed by atoms with Crippen molar-refractivity contribution in [3.63, 3.8) is 0 Å². The molecule has 24 heavy (non-hydrogen) atoms. The molecular formula is C17H17N3O4. The summed E-state index contributed by atoms with van der Waals surface area (Å²) in [5.74, 6) is 0.0831. The van der Waals surface area contributed by atoms with Gasteiger partial charge in [-0.2, -0.15) is 0 Å². The summed E-state index contributed by atoms with van der Waals surface area (Å²) in [5.41, 5.74) is 1.27. The monoisotopic (exact) mass is 327 g/mol. The minimum atomic E-state index is -0.663. The second kappa shape index (κ2) is 6.57. The second-order valence-electron chi connectivity index (χ2n) is 5.17. The van der Waals surface area contributed by atoms with Crippen molar-refractivity contribution in [2.24, 2.45) is 0 Å². The van der Waals surface area contributed by atoms with Crippen molar-refractivity contribution < 1.29 is 19.1 Å². The Morgan fingerprint density at radius 3 is 3.00 bits per heavy atom. The summed E-state index contributed by atoms with van der Waals surface area (Å²) >= 11 is 0. The van der Waals surface area contributed by atoms with Crippen LogP contribution in [0.2, 0.25) is 0 Å². The lowest BCUT2D eigenvalue weighted by Gasteiger charge is -2.25. The summed E-state index contributed by atoms with van der Waals surface area (Å²) < 4.78 is 11.0. The number of carbonyl (C=O) groups is 2. The molecule has 1 aliphatic rings. The Morgan fingerprint density at radius 1 is 1.38 bits per heavy atom. The molecule has 0 unspecified atom stereocenters. The number of nitrogens with one attached hydrogen (secondary N) is 2. The Balaban J connectivity index is 1.90. The minimum absolute atomic E-state index is 0.244. The van der Waals surface area contributed by atoms with Gasteiger partial charge in [0.2, 0.25) is 5.88 Å². The summed E-state index contributed by atoms with van der Waals surface area (Å²) in [6, 6.07) is 8.41. The molecular weight excluding hydrogens is 310 g/mol. The molecule has 0 bridgehead atoms. The number of pyridine rings is 1. The molecule has 2 heterocycles. The van der Waals surface area contributed by atoms with Gasteiger partial charge >= 0.3 is 0 Å². The molecule has 1 aromatic carbocycles. The van der Waals surface area contributed by atoms with Crippen molar-refractivity contribution in [3.05, 3.63) is 42.1 Å². The van der Waals surface area contributed by atoms with Crippen molar-refractivity contribution in [3.8, 4) is 11.6 Å². The van der Waals surface area contributed by atoms with Crippen molar-refractivity contribution >= 4 is 23.2 Å². The molecule has 124 valence electrons. The zero-order chi connectivity index (χ0) is 17.1. The van der Waals surface area contributed by atoms with Crippen molar-refractivity contribution in [2.45, 2.75) is 20.0 Å². The molecule has 2 aromatic rings. The van der Waals surface area contributed by atoms with Crippen LogP contribution in [0.15, 0.2) is 36.5 Å². The third kappa shape index (κ3) is 3.01. The van der Waals surface area contributed by atoms with Gasteiger partial charge in [-0.05, 0) is 38.1 Å². The number of carbonyl (C=O) groups excluding carboxylic acids is 2. The average Bonchev–Trinajstić information content (AvgIpc) is 2.57. The van der Waals surface area contributed by atoms with E-state index in [0.29, 0.717) is 35.2 Å². The van der Waals surface area contributed by atoms with Gasteiger partial charge in [0.15, 0.2) is 11.9 Å². The van der Waals surface area contributed by atoms with Gasteiger partial charge in [-0.25, -0.2) is 4.98 Å². The zero-order valence-electron chi connectivity index (χ0n) is 13.3. The van der Waals surface area contributed by atoms with Gasteiger partial charge in [0.05, 0.1) is 17.9 Å². The van der Waals surface area contributed by atoms with Crippen molar-refractivity contribution in [1.29, 1.82) is 0 Å². The SMILES string of the molecule is CCOc1ncccc1NC(=O)c1cccc2c1O[C@@H](C)C(=O)N2. The number of para-hydroxylation sites is 1. The summed E-state index contributed by atoms with van der Waals surface area (Å²) in [6.45, 7) is 3.90. The van der Waals surface area contributed by atoms with Gasteiger partial charge in [0.1, 0.15) is 5.69 Å². The van der Waals surface area contributed by atoms with E-state index < -0.39 is 6.10 Å². The van der Waals surface area contributed by atoms with Crippen LogP contribution in [0.25, 0.3) is 0 Å². The van der Waals surface area contributed by atoms with Crippen LogP contribution in [0.5, 0.6) is 11.6 Å². The number of aromatic nitrogens is 1. The average molecular weight is 327 g/mol. The van der Waals surface area contributed by atoms with Crippen LogP contribution in [0.3, 0.4) is 0 Å². The lowest BCUT2D eigenvalue weighted by Crippen LogP contribution is -2.35. The summed E-state index contributed by atoms with van der Waals surface area (Å²) in [4.78, 5) is 28.4. The van der Waals surface area contributed by atoms with Gasteiger partial charge < -0.3 is 20.1 Å². The summed E-state index contributed by atoms with van der Waals surface area (Å²) in [6.07, 6.45) is 0.926. The van der Waals surface area contributed by atoms with Crippen LogP contribution >= 0.6 is 0 Å². The van der Waals surface area contributed by atoms with Crippen LogP contribution < -0.4 is 20.1 Å². The fourth-order valence-corrected chi connectivity index (χ4v) is 2.33. The number of ether oxygens (including phenoxy) is 2. The number of hydrogen-bond donors (Lipinski definition) is 2. The van der Waals surface area contributed by atoms with Crippen molar-refractivity contribution in [2.75, 3.05) is 17.2 Å².